The van der Waals surface area contributed by atoms with Gasteiger partial charge < -0.3 is 4.90 Å². The number of hydrogen-bond donors (Lipinski definition) is 0. The van der Waals surface area contributed by atoms with Gasteiger partial charge in [-0.05, 0) is 29.2 Å². The highest BCUT2D eigenvalue weighted by Gasteiger charge is 2.28. The van der Waals surface area contributed by atoms with Crippen LogP contribution in [0.4, 0.5) is 0 Å². The molecule has 2 heterocycles. The van der Waals surface area contributed by atoms with Gasteiger partial charge in [-0.1, -0.05) is 66.7 Å². The lowest BCUT2D eigenvalue weighted by molar-refractivity contribution is -0.133. The zero-order valence-corrected chi connectivity index (χ0v) is 14.5. The zero-order valence-electron chi connectivity index (χ0n) is 14.5. The van der Waals surface area contributed by atoms with Crippen molar-refractivity contribution in [3.05, 3.63) is 96.3 Å². The van der Waals surface area contributed by atoms with Crippen molar-refractivity contribution in [2.75, 3.05) is 13.1 Å². The molecule has 0 bridgehead atoms. The molecule has 0 aliphatic carbocycles. The van der Waals surface area contributed by atoms with Gasteiger partial charge in [-0.25, -0.2) is 0 Å². The maximum absolute atomic E-state index is 13.3. The Bertz CT molecular complexity index is 886. The van der Waals surface area contributed by atoms with Crippen molar-refractivity contribution in [2.24, 2.45) is 0 Å². The van der Waals surface area contributed by atoms with Crippen molar-refractivity contribution in [1.29, 1.82) is 0 Å². The summed E-state index contributed by atoms with van der Waals surface area (Å²) in [5.74, 6) is 0.0864. The van der Waals surface area contributed by atoms with Crippen molar-refractivity contribution in [3.8, 4) is 0 Å². The number of benzene rings is 2. The molecule has 1 unspecified atom stereocenters. The van der Waals surface area contributed by atoms with E-state index >= 15 is 0 Å². The average Bonchev–Trinajstić information content (AvgIpc) is 3.24. The Balaban J connectivity index is 1.57. The molecule has 4 nitrogen and oxygen atoms in total. The molecular formula is C22H21N3O. The number of hydrogen-bond acceptors (Lipinski definition) is 2. The summed E-state index contributed by atoms with van der Waals surface area (Å²) in [7, 11) is 0. The molecule has 0 saturated heterocycles. The van der Waals surface area contributed by atoms with Crippen molar-refractivity contribution < 1.29 is 4.79 Å². The van der Waals surface area contributed by atoms with E-state index in [4.69, 9.17) is 0 Å². The fourth-order valence-corrected chi connectivity index (χ4v) is 3.43. The smallest absolute Gasteiger partial charge is 0.252 e. The predicted octanol–water partition coefficient (Wildman–Crippen LogP) is 3.79. The number of nitrogens with zero attached hydrogens (tertiary/aromatic N) is 3. The molecule has 0 saturated carbocycles. The van der Waals surface area contributed by atoms with Gasteiger partial charge in [0.1, 0.15) is 0 Å². The van der Waals surface area contributed by atoms with Crippen LogP contribution in [0.25, 0.3) is 5.57 Å². The minimum atomic E-state index is -0.419. The van der Waals surface area contributed by atoms with Crippen LogP contribution in [0.3, 0.4) is 0 Å². The molecule has 0 N–H and O–H groups in total. The predicted molar refractivity (Wildman–Crippen MR) is 102 cm³/mol. The number of carbonyl (C=O) groups is 1. The van der Waals surface area contributed by atoms with Crippen LogP contribution in [-0.4, -0.2) is 33.7 Å². The summed E-state index contributed by atoms with van der Waals surface area (Å²) in [6, 6.07) is 21.7. The molecule has 4 heteroatoms. The Labute approximate surface area is 153 Å². The third kappa shape index (κ3) is 3.31. The van der Waals surface area contributed by atoms with Gasteiger partial charge in [0.05, 0.1) is 0 Å². The van der Waals surface area contributed by atoms with Gasteiger partial charge in [0.15, 0.2) is 6.04 Å². The summed E-state index contributed by atoms with van der Waals surface area (Å²) in [5.41, 5.74) is 3.51. The van der Waals surface area contributed by atoms with E-state index in [-0.39, 0.29) is 5.91 Å². The third-order valence-electron chi connectivity index (χ3n) is 4.80. The zero-order chi connectivity index (χ0) is 17.8. The molecule has 0 spiro atoms. The standard InChI is InChI=1S/C22H21N3O/c26-22(21(25-15-7-14-23-25)20-10-5-2-6-11-20)24-16-12-19(13-17-24)18-8-3-1-4-9-18/h1-12,14-15,21H,13,16-17H2. The van der Waals surface area contributed by atoms with E-state index < -0.39 is 6.04 Å². The van der Waals surface area contributed by atoms with Crippen molar-refractivity contribution in [3.63, 3.8) is 0 Å². The second kappa shape index (κ2) is 7.40. The molecule has 1 aliphatic heterocycles. The highest BCUT2D eigenvalue weighted by atomic mass is 16.2. The van der Waals surface area contributed by atoms with Crippen LogP contribution in [0.2, 0.25) is 0 Å². The first-order chi connectivity index (χ1) is 12.8. The SMILES string of the molecule is O=C(C(c1ccccc1)n1cccn1)N1CC=C(c2ccccc2)CC1. The van der Waals surface area contributed by atoms with Gasteiger partial charge in [0.2, 0.25) is 0 Å². The first-order valence-corrected chi connectivity index (χ1v) is 8.90. The lowest BCUT2D eigenvalue weighted by atomic mass is 9.98. The summed E-state index contributed by atoms with van der Waals surface area (Å²) >= 11 is 0. The van der Waals surface area contributed by atoms with Crippen molar-refractivity contribution >= 4 is 11.5 Å². The fourth-order valence-electron chi connectivity index (χ4n) is 3.43. The molecular weight excluding hydrogens is 322 g/mol. The van der Waals surface area contributed by atoms with Crippen molar-refractivity contribution in [1.82, 2.24) is 14.7 Å². The Morgan fingerprint density at radius 1 is 0.962 bits per heavy atom. The van der Waals surface area contributed by atoms with E-state index in [1.54, 1.807) is 10.9 Å². The Kier molecular flexibility index (Phi) is 4.65. The van der Waals surface area contributed by atoms with Gasteiger partial charge in [0.25, 0.3) is 5.91 Å². The minimum absolute atomic E-state index is 0.0864. The van der Waals surface area contributed by atoms with E-state index in [0.29, 0.717) is 6.54 Å². The quantitative estimate of drug-likeness (QED) is 0.723. The van der Waals surface area contributed by atoms with Gasteiger partial charge >= 0.3 is 0 Å². The van der Waals surface area contributed by atoms with Crippen LogP contribution < -0.4 is 0 Å². The first-order valence-electron chi connectivity index (χ1n) is 8.90. The van der Waals surface area contributed by atoms with Gasteiger partial charge in [-0.2, -0.15) is 5.10 Å². The largest absolute Gasteiger partial charge is 0.336 e. The number of aromatic nitrogens is 2. The van der Waals surface area contributed by atoms with Gasteiger partial charge in [-0.3, -0.25) is 9.48 Å². The van der Waals surface area contributed by atoms with Crippen LogP contribution in [0.1, 0.15) is 23.6 Å². The molecule has 0 fully saturated rings. The third-order valence-corrected chi connectivity index (χ3v) is 4.80. The van der Waals surface area contributed by atoms with E-state index in [0.717, 1.165) is 18.5 Å². The molecule has 130 valence electrons. The molecule has 4 rings (SSSR count). The van der Waals surface area contributed by atoms with Gasteiger partial charge in [-0.15, -0.1) is 0 Å². The molecule has 3 aromatic rings. The van der Waals surface area contributed by atoms with E-state index in [1.165, 1.54) is 11.1 Å². The lowest BCUT2D eigenvalue weighted by Crippen LogP contribution is -2.40. The molecule has 1 aromatic heterocycles. The van der Waals surface area contributed by atoms with Gasteiger partial charge in [0, 0.05) is 25.5 Å². The molecule has 0 radical (unpaired) electrons. The van der Waals surface area contributed by atoms with Crippen LogP contribution in [0.5, 0.6) is 0 Å². The Hall–Kier alpha value is -3.14. The molecule has 1 amide bonds. The minimum Gasteiger partial charge on any atom is -0.336 e. The van der Waals surface area contributed by atoms with Crippen LogP contribution >= 0.6 is 0 Å². The van der Waals surface area contributed by atoms with Crippen LogP contribution in [0, 0.1) is 0 Å². The normalized spacial score (nSPS) is 15.4. The van der Waals surface area contributed by atoms with E-state index in [1.807, 2.05) is 53.6 Å². The van der Waals surface area contributed by atoms with Crippen LogP contribution in [-0.2, 0) is 4.79 Å². The molecule has 26 heavy (non-hydrogen) atoms. The molecule has 1 aliphatic rings. The number of amides is 1. The van der Waals surface area contributed by atoms with E-state index in [9.17, 15) is 4.79 Å². The monoisotopic (exact) mass is 343 g/mol. The Morgan fingerprint density at radius 3 is 2.31 bits per heavy atom. The van der Waals surface area contributed by atoms with Crippen molar-refractivity contribution in [2.45, 2.75) is 12.5 Å². The second-order valence-corrected chi connectivity index (χ2v) is 6.43. The molecule has 2 aromatic carbocycles. The average molecular weight is 343 g/mol. The summed E-state index contributed by atoms with van der Waals surface area (Å²) in [4.78, 5) is 15.2. The Morgan fingerprint density at radius 2 is 1.69 bits per heavy atom. The highest BCUT2D eigenvalue weighted by Crippen LogP contribution is 2.26. The maximum atomic E-state index is 13.3. The van der Waals surface area contributed by atoms with Crippen LogP contribution in [0.15, 0.2) is 85.2 Å². The summed E-state index contributed by atoms with van der Waals surface area (Å²) < 4.78 is 1.74. The maximum Gasteiger partial charge on any atom is 0.252 e. The lowest BCUT2D eigenvalue weighted by Gasteiger charge is -2.30. The van der Waals surface area contributed by atoms with E-state index in [2.05, 4.69) is 35.4 Å². The second-order valence-electron chi connectivity index (χ2n) is 6.43. The highest BCUT2D eigenvalue weighted by molar-refractivity contribution is 5.84. The summed E-state index contributed by atoms with van der Waals surface area (Å²) in [6.45, 7) is 1.36. The number of rotatable bonds is 4. The number of carbonyl (C=O) groups excluding carboxylic acids is 1. The first kappa shape index (κ1) is 16.3. The fraction of sp³-hybridized carbons (Fsp3) is 0.182. The summed E-state index contributed by atoms with van der Waals surface area (Å²) in [6.07, 6.45) is 6.61. The summed E-state index contributed by atoms with van der Waals surface area (Å²) in [5, 5.41) is 4.33. The topological polar surface area (TPSA) is 38.1 Å². The molecule has 1 atom stereocenters.